The minimum absolute atomic E-state index is 0.200. The maximum Gasteiger partial charge on any atom is 0.459 e. The van der Waals surface area contributed by atoms with Crippen molar-refractivity contribution in [2.24, 2.45) is 0 Å². The monoisotopic (exact) mass is 594 g/mol. The summed E-state index contributed by atoms with van der Waals surface area (Å²) in [5.41, 5.74) is -1.59. The number of fused-ring (bicyclic) bond motifs is 1. The number of rotatable bonds is 13. The van der Waals surface area contributed by atoms with Gasteiger partial charge in [0.15, 0.2) is 28.9 Å². The van der Waals surface area contributed by atoms with Gasteiger partial charge in [-0.25, -0.2) is 23.9 Å². The number of imidazole rings is 1. The van der Waals surface area contributed by atoms with Gasteiger partial charge in [-0.1, -0.05) is 25.1 Å². The summed E-state index contributed by atoms with van der Waals surface area (Å²) in [5, 5.41) is 16.6. The minimum atomic E-state index is -4.26. The fourth-order valence-electron chi connectivity index (χ4n) is 4.25. The number of halogens is 1. The first-order chi connectivity index (χ1) is 19.4. The number of aliphatic hydroxyl groups is 1. The van der Waals surface area contributed by atoms with E-state index in [4.69, 9.17) is 18.5 Å². The second kappa shape index (κ2) is 12.8. The third-order valence-electron chi connectivity index (χ3n) is 6.31. The molecular weight excluding hydrogens is 558 g/mol. The predicted molar refractivity (Wildman–Crippen MR) is 148 cm³/mol. The first-order valence-electron chi connectivity index (χ1n) is 13.4. The molecule has 0 aliphatic carbocycles. The van der Waals surface area contributed by atoms with Gasteiger partial charge < -0.3 is 24.4 Å². The predicted octanol–water partition coefficient (Wildman–Crippen LogP) is 3.77. The summed E-state index contributed by atoms with van der Waals surface area (Å²) < 4.78 is 53.5. The van der Waals surface area contributed by atoms with Crippen molar-refractivity contribution in [1.29, 1.82) is 0 Å². The number of hydrogen-bond acceptors (Lipinski definition) is 11. The lowest BCUT2D eigenvalue weighted by atomic mass is 9.98. The second-order valence-electron chi connectivity index (χ2n) is 10.1. The maximum atomic E-state index is 16.0. The molecule has 2 aromatic heterocycles. The van der Waals surface area contributed by atoms with E-state index in [2.05, 4.69) is 25.4 Å². The van der Waals surface area contributed by atoms with Crippen LogP contribution in [-0.4, -0.2) is 73.8 Å². The van der Waals surface area contributed by atoms with Crippen LogP contribution in [-0.2, 0) is 23.4 Å². The van der Waals surface area contributed by atoms with E-state index in [-0.39, 0.29) is 5.75 Å². The molecule has 41 heavy (non-hydrogen) atoms. The van der Waals surface area contributed by atoms with E-state index in [9.17, 15) is 14.5 Å². The fourth-order valence-corrected chi connectivity index (χ4v) is 5.75. The molecule has 224 valence electrons. The zero-order chi connectivity index (χ0) is 29.8. The highest BCUT2D eigenvalue weighted by Gasteiger charge is 2.56. The summed E-state index contributed by atoms with van der Waals surface area (Å²) in [6, 6.07) is 7.11. The highest BCUT2D eigenvalue weighted by atomic mass is 31.2. The number of benzene rings is 1. The number of aromatic nitrogens is 4. The van der Waals surface area contributed by atoms with Crippen LogP contribution in [0.3, 0.4) is 0 Å². The fraction of sp³-hybridized carbons (Fsp3) is 0.538. The lowest BCUT2D eigenvalue weighted by Crippen LogP contribution is -2.41. The zero-order valence-electron chi connectivity index (χ0n) is 23.6. The number of nitrogens with one attached hydrogen (secondary N) is 2. The molecule has 3 aromatic rings. The first-order valence-corrected chi connectivity index (χ1v) is 14.9. The van der Waals surface area contributed by atoms with Crippen molar-refractivity contribution in [1.82, 2.24) is 24.6 Å². The molecule has 0 saturated carbocycles. The van der Waals surface area contributed by atoms with E-state index in [1.807, 2.05) is 6.92 Å². The summed E-state index contributed by atoms with van der Waals surface area (Å²) in [6.45, 7) is 8.13. The Balaban J connectivity index is 1.54. The van der Waals surface area contributed by atoms with Gasteiger partial charge in [0.25, 0.3) is 0 Å². The van der Waals surface area contributed by atoms with Crippen LogP contribution in [0.2, 0.25) is 0 Å². The molecule has 6 atom stereocenters. The molecule has 1 saturated heterocycles. The van der Waals surface area contributed by atoms with E-state index in [0.717, 1.165) is 6.42 Å². The quantitative estimate of drug-likeness (QED) is 0.195. The van der Waals surface area contributed by atoms with E-state index >= 15 is 4.39 Å². The van der Waals surface area contributed by atoms with Crippen LogP contribution in [0.25, 0.3) is 11.2 Å². The Labute approximate surface area is 237 Å². The van der Waals surface area contributed by atoms with Gasteiger partial charge >= 0.3 is 13.7 Å². The number of ether oxygens (including phenoxy) is 2. The van der Waals surface area contributed by atoms with Crippen LogP contribution in [0.4, 0.5) is 10.2 Å². The molecule has 1 aliphatic rings. The normalized spacial score (nSPS) is 24.7. The highest BCUT2D eigenvalue weighted by Crippen LogP contribution is 2.48. The van der Waals surface area contributed by atoms with E-state index < -0.39 is 56.6 Å². The molecule has 1 aliphatic heterocycles. The van der Waals surface area contributed by atoms with Gasteiger partial charge in [-0.2, -0.15) is 5.09 Å². The Bertz CT molecular complexity index is 1370. The van der Waals surface area contributed by atoms with Gasteiger partial charge in [-0.3, -0.25) is 13.9 Å². The Hall–Kier alpha value is -3.16. The van der Waals surface area contributed by atoms with Crippen molar-refractivity contribution in [3.8, 4) is 5.75 Å². The second-order valence-corrected chi connectivity index (χ2v) is 11.8. The molecule has 0 spiro atoms. The summed E-state index contributed by atoms with van der Waals surface area (Å²) in [7, 11) is -4.26. The third-order valence-corrected chi connectivity index (χ3v) is 7.95. The summed E-state index contributed by atoms with van der Waals surface area (Å²) in [4.78, 5) is 25.2. The van der Waals surface area contributed by atoms with Crippen molar-refractivity contribution in [3.05, 3.63) is 43.0 Å². The number of nitrogens with zero attached hydrogens (tertiary/aromatic N) is 4. The maximum absolute atomic E-state index is 16.0. The van der Waals surface area contributed by atoms with Crippen LogP contribution >= 0.6 is 7.75 Å². The molecule has 0 radical (unpaired) electrons. The topological polar surface area (TPSA) is 159 Å². The van der Waals surface area contributed by atoms with Crippen LogP contribution in [0, 0.1) is 0 Å². The zero-order valence-corrected chi connectivity index (χ0v) is 24.5. The number of carbonyl (C=O) groups is 1. The Morgan fingerprint density at radius 2 is 1.98 bits per heavy atom. The Kier molecular flexibility index (Phi) is 9.60. The number of anilines is 1. The molecule has 3 heterocycles. The molecular formula is C26H36FN6O7P. The smallest absolute Gasteiger partial charge is 0.459 e. The molecule has 0 bridgehead atoms. The summed E-state index contributed by atoms with van der Waals surface area (Å²) in [5.74, 6) is 0.0199. The Morgan fingerprint density at radius 3 is 2.66 bits per heavy atom. The van der Waals surface area contributed by atoms with E-state index in [1.54, 1.807) is 44.2 Å². The molecule has 3 N–H and O–H groups in total. The van der Waals surface area contributed by atoms with Gasteiger partial charge in [0, 0.05) is 6.54 Å². The molecule has 1 fully saturated rings. The summed E-state index contributed by atoms with van der Waals surface area (Å²) in [6.07, 6.45) is -1.13. The van der Waals surface area contributed by atoms with Gasteiger partial charge in [-0.15, -0.1) is 0 Å². The van der Waals surface area contributed by atoms with E-state index in [0.29, 0.717) is 23.5 Å². The lowest BCUT2D eigenvalue weighted by molar-refractivity contribution is -0.149. The number of alkyl halides is 1. The molecule has 4 rings (SSSR count). The van der Waals surface area contributed by atoms with E-state index in [1.165, 1.54) is 31.1 Å². The van der Waals surface area contributed by atoms with Crippen molar-refractivity contribution < 1.29 is 37.4 Å². The third kappa shape index (κ3) is 7.02. The number of carbonyl (C=O) groups excluding carboxylic acids is 1. The van der Waals surface area contributed by atoms with Gasteiger partial charge in [0.2, 0.25) is 0 Å². The molecule has 13 nitrogen and oxygen atoms in total. The molecule has 15 heteroatoms. The average molecular weight is 595 g/mol. The van der Waals surface area contributed by atoms with Crippen molar-refractivity contribution in [3.63, 3.8) is 0 Å². The highest BCUT2D eigenvalue weighted by molar-refractivity contribution is 7.52. The minimum Gasteiger partial charge on any atom is -0.462 e. The number of aliphatic hydroxyl groups excluding tert-OH is 1. The van der Waals surface area contributed by atoms with Gasteiger partial charge in [0.05, 0.1) is 19.0 Å². The van der Waals surface area contributed by atoms with Crippen LogP contribution in [0.1, 0.15) is 47.3 Å². The largest absolute Gasteiger partial charge is 0.462 e. The van der Waals surface area contributed by atoms with Gasteiger partial charge in [0.1, 0.15) is 30.3 Å². The van der Waals surface area contributed by atoms with Gasteiger partial charge in [-0.05, 0) is 46.2 Å². The Morgan fingerprint density at radius 1 is 1.24 bits per heavy atom. The van der Waals surface area contributed by atoms with Crippen LogP contribution in [0.15, 0.2) is 43.0 Å². The SMILES string of the molecule is CCCNc1ncnc2c1ncn2[C@@H]1O[C@H](CO[P@@](=O)(N[C@@H](C)C(=O)OC(C)C)Oc2ccccc2)[C@@H](O)[C@@]1(C)F. The molecule has 1 aromatic carbocycles. The number of hydrogen-bond donors (Lipinski definition) is 3. The average Bonchev–Trinajstić information content (AvgIpc) is 3.44. The van der Waals surface area contributed by atoms with Crippen LogP contribution in [0.5, 0.6) is 5.75 Å². The first kappa shape index (κ1) is 30.8. The molecule has 0 amide bonds. The van der Waals surface area contributed by atoms with Crippen LogP contribution < -0.4 is 14.9 Å². The number of esters is 1. The summed E-state index contributed by atoms with van der Waals surface area (Å²) >= 11 is 0. The lowest BCUT2D eigenvalue weighted by Gasteiger charge is -2.25. The van der Waals surface area contributed by atoms with Crippen molar-refractivity contribution >= 4 is 30.7 Å². The van der Waals surface area contributed by atoms with Crippen molar-refractivity contribution in [2.75, 3.05) is 18.5 Å². The number of para-hydroxylation sites is 1. The van der Waals surface area contributed by atoms with Crippen molar-refractivity contribution in [2.45, 2.75) is 77.3 Å². The molecule has 0 unspecified atom stereocenters. The standard InChI is InChI=1S/C26H36FN6O7P/c1-6-12-28-22-20-23(30-14-29-22)33(15-31-20)25-26(5,27)21(34)19(39-25)13-37-41(36,40-18-10-8-7-9-11-18)32-17(4)24(35)38-16(2)3/h7-11,14-17,19,21,25,34H,6,12-13H2,1-5H3,(H,32,36)(H,28,29,30)/t17-,19+,21+,25+,26+,41-/m0/s1.